The molecule has 0 saturated carbocycles. The summed E-state index contributed by atoms with van der Waals surface area (Å²) in [5.41, 5.74) is 1.59. The number of ether oxygens (including phenoxy) is 1. The quantitative estimate of drug-likeness (QED) is 0.713. The van der Waals surface area contributed by atoms with Gasteiger partial charge in [-0.2, -0.15) is 0 Å². The third kappa shape index (κ3) is 4.85. The molecule has 0 amide bonds. The van der Waals surface area contributed by atoms with E-state index in [0.29, 0.717) is 6.54 Å². The van der Waals surface area contributed by atoms with E-state index in [0.717, 1.165) is 82.1 Å². The standard InChI is InChI=1S/C20H33N7O2/c1-24(2)8-9-25-6-4-7-26(11-10-25)19-18-20(22-14-21-19)27(15-23-18)13-16(28)17-5-3-12-29-17/h14-17,28H,3-13H2,1-2H3. The topological polar surface area (TPSA) is 82.8 Å². The lowest BCUT2D eigenvalue weighted by Gasteiger charge is -2.23. The molecule has 4 rings (SSSR count). The lowest BCUT2D eigenvalue weighted by molar-refractivity contribution is -0.00902. The first kappa shape index (κ1) is 20.5. The molecule has 2 aromatic rings. The van der Waals surface area contributed by atoms with Gasteiger partial charge in [0.05, 0.1) is 25.1 Å². The average Bonchev–Trinajstić information content (AvgIpc) is 3.32. The van der Waals surface area contributed by atoms with Gasteiger partial charge in [-0.15, -0.1) is 0 Å². The molecule has 2 aromatic heterocycles. The van der Waals surface area contributed by atoms with Crippen molar-refractivity contribution in [1.82, 2.24) is 29.3 Å². The van der Waals surface area contributed by atoms with E-state index in [1.807, 2.05) is 4.57 Å². The van der Waals surface area contributed by atoms with E-state index in [2.05, 4.69) is 43.7 Å². The Hall–Kier alpha value is -1.81. The van der Waals surface area contributed by atoms with Gasteiger partial charge in [-0.05, 0) is 39.9 Å². The summed E-state index contributed by atoms with van der Waals surface area (Å²) in [6, 6.07) is 0. The predicted molar refractivity (Wildman–Crippen MR) is 112 cm³/mol. The van der Waals surface area contributed by atoms with Crippen LogP contribution in [0.3, 0.4) is 0 Å². The van der Waals surface area contributed by atoms with Crippen LogP contribution in [-0.2, 0) is 11.3 Å². The molecular weight excluding hydrogens is 370 g/mol. The number of aliphatic hydroxyl groups is 1. The Morgan fingerprint density at radius 2 is 2.07 bits per heavy atom. The minimum Gasteiger partial charge on any atom is -0.389 e. The van der Waals surface area contributed by atoms with E-state index in [-0.39, 0.29) is 6.10 Å². The highest BCUT2D eigenvalue weighted by atomic mass is 16.5. The number of hydrogen-bond donors (Lipinski definition) is 1. The van der Waals surface area contributed by atoms with Crippen LogP contribution < -0.4 is 4.90 Å². The summed E-state index contributed by atoms with van der Waals surface area (Å²) in [6.07, 6.45) is 5.78. The number of aliphatic hydroxyl groups excluding tert-OH is 1. The third-order valence-corrected chi connectivity index (χ3v) is 5.91. The Kier molecular flexibility index (Phi) is 6.59. The number of anilines is 1. The van der Waals surface area contributed by atoms with Crippen LogP contribution in [0.4, 0.5) is 5.82 Å². The van der Waals surface area contributed by atoms with E-state index >= 15 is 0 Å². The summed E-state index contributed by atoms with van der Waals surface area (Å²) in [4.78, 5) is 20.7. The van der Waals surface area contributed by atoms with Crippen LogP contribution in [0.5, 0.6) is 0 Å². The van der Waals surface area contributed by atoms with E-state index in [1.165, 1.54) is 0 Å². The van der Waals surface area contributed by atoms with Crippen molar-refractivity contribution in [2.75, 3.05) is 64.9 Å². The summed E-state index contributed by atoms with van der Waals surface area (Å²) >= 11 is 0. The maximum absolute atomic E-state index is 10.5. The molecule has 9 nitrogen and oxygen atoms in total. The van der Waals surface area contributed by atoms with Gasteiger partial charge < -0.3 is 29.1 Å². The van der Waals surface area contributed by atoms with Crippen LogP contribution in [0, 0.1) is 0 Å². The minimum absolute atomic E-state index is 0.0903. The molecule has 160 valence electrons. The molecule has 2 aliphatic heterocycles. The van der Waals surface area contributed by atoms with Crippen LogP contribution in [0.1, 0.15) is 19.3 Å². The highest BCUT2D eigenvalue weighted by molar-refractivity contribution is 5.83. The second kappa shape index (κ2) is 9.34. The second-order valence-electron chi connectivity index (χ2n) is 8.37. The molecule has 1 N–H and O–H groups in total. The van der Waals surface area contributed by atoms with Crippen LogP contribution in [0.2, 0.25) is 0 Å². The molecular formula is C20H33N7O2. The number of hydrogen-bond acceptors (Lipinski definition) is 8. The van der Waals surface area contributed by atoms with Gasteiger partial charge in [-0.25, -0.2) is 15.0 Å². The maximum atomic E-state index is 10.5. The maximum Gasteiger partial charge on any atom is 0.165 e. The minimum atomic E-state index is -0.545. The Balaban J connectivity index is 1.46. The van der Waals surface area contributed by atoms with Gasteiger partial charge in [0.15, 0.2) is 17.0 Å². The lowest BCUT2D eigenvalue weighted by Crippen LogP contribution is -2.35. The number of likely N-dealkylation sites (N-methyl/N-ethyl adjacent to an activating group) is 1. The van der Waals surface area contributed by atoms with Crippen molar-refractivity contribution in [2.45, 2.75) is 38.0 Å². The Bertz CT molecular complexity index is 790. The number of fused-ring (bicyclic) bond motifs is 1. The number of imidazole rings is 1. The van der Waals surface area contributed by atoms with E-state index in [4.69, 9.17) is 4.74 Å². The molecule has 2 aliphatic rings. The van der Waals surface area contributed by atoms with Gasteiger partial charge in [0.1, 0.15) is 6.33 Å². The summed E-state index contributed by atoms with van der Waals surface area (Å²) in [6.45, 7) is 7.39. The summed E-state index contributed by atoms with van der Waals surface area (Å²) in [5.74, 6) is 0.898. The van der Waals surface area contributed by atoms with Gasteiger partial charge in [0, 0.05) is 39.3 Å². The molecule has 0 aromatic carbocycles. The first-order valence-electron chi connectivity index (χ1n) is 10.7. The van der Waals surface area contributed by atoms with Gasteiger partial charge >= 0.3 is 0 Å². The molecule has 0 bridgehead atoms. The number of rotatable bonds is 7. The van der Waals surface area contributed by atoms with Gasteiger partial charge in [0.2, 0.25) is 0 Å². The Morgan fingerprint density at radius 1 is 1.17 bits per heavy atom. The second-order valence-corrected chi connectivity index (χ2v) is 8.37. The van der Waals surface area contributed by atoms with Crippen molar-refractivity contribution in [3.8, 4) is 0 Å². The molecule has 4 heterocycles. The van der Waals surface area contributed by atoms with E-state index < -0.39 is 6.10 Å². The van der Waals surface area contributed by atoms with Crippen LogP contribution in [-0.4, -0.2) is 107 Å². The SMILES string of the molecule is CN(C)CCN1CCCN(c2ncnc3c2ncn3CC(O)C2CCCO2)CC1. The summed E-state index contributed by atoms with van der Waals surface area (Å²) in [5, 5.41) is 10.5. The molecule has 9 heteroatoms. The van der Waals surface area contributed by atoms with E-state index in [1.54, 1.807) is 12.7 Å². The monoisotopic (exact) mass is 403 g/mol. The van der Waals surface area contributed by atoms with Crippen LogP contribution in [0.25, 0.3) is 11.2 Å². The zero-order valence-electron chi connectivity index (χ0n) is 17.6. The highest BCUT2D eigenvalue weighted by Gasteiger charge is 2.26. The van der Waals surface area contributed by atoms with Crippen molar-refractivity contribution in [1.29, 1.82) is 0 Å². The molecule has 2 saturated heterocycles. The number of nitrogens with zero attached hydrogens (tertiary/aromatic N) is 7. The molecule has 2 fully saturated rings. The lowest BCUT2D eigenvalue weighted by atomic mass is 10.1. The molecule has 2 unspecified atom stereocenters. The van der Waals surface area contributed by atoms with Gasteiger partial charge in [-0.1, -0.05) is 0 Å². The first-order chi connectivity index (χ1) is 14.1. The molecule has 2 atom stereocenters. The fraction of sp³-hybridized carbons (Fsp3) is 0.750. The molecule has 0 aliphatic carbocycles. The zero-order valence-corrected chi connectivity index (χ0v) is 17.6. The zero-order chi connectivity index (χ0) is 20.2. The fourth-order valence-corrected chi connectivity index (χ4v) is 4.21. The van der Waals surface area contributed by atoms with Crippen molar-refractivity contribution in [3.05, 3.63) is 12.7 Å². The normalized spacial score (nSPS) is 22.5. The molecule has 0 spiro atoms. The predicted octanol–water partition coefficient (Wildman–Crippen LogP) is 0.440. The van der Waals surface area contributed by atoms with Gasteiger partial charge in [0.25, 0.3) is 0 Å². The molecule has 29 heavy (non-hydrogen) atoms. The summed E-state index contributed by atoms with van der Waals surface area (Å²) in [7, 11) is 4.24. The third-order valence-electron chi connectivity index (χ3n) is 5.91. The van der Waals surface area contributed by atoms with Crippen molar-refractivity contribution in [2.24, 2.45) is 0 Å². The summed E-state index contributed by atoms with van der Waals surface area (Å²) < 4.78 is 7.55. The van der Waals surface area contributed by atoms with Crippen molar-refractivity contribution < 1.29 is 9.84 Å². The van der Waals surface area contributed by atoms with Crippen LogP contribution >= 0.6 is 0 Å². The highest BCUT2D eigenvalue weighted by Crippen LogP contribution is 2.24. The Labute approximate surface area is 172 Å². The number of aromatic nitrogens is 4. The molecule has 0 radical (unpaired) electrons. The Morgan fingerprint density at radius 3 is 2.86 bits per heavy atom. The average molecular weight is 404 g/mol. The largest absolute Gasteiger partial charge is 0.389 e. The van der Waals surface area contributed by atoms with Crippen molar-refractivity contribution >= 4 is 17.0 Å². The van der Waals surface area contributed by atoms with Crippen LogP contribution in [0.15, 0.2) is 12.7 Å². The van der Waals surface area contributed by atoms with Crippen molar-refractivity contribution in [3.63, 3.8) is 0 Å². The smallest absolute Gasteiger partial charge is 0.165 e. The van der Waals surface area contributed by atoms with Gasteiger partial charge in [-0.3, -0.25) is 0 Å². The van der Waals surface area contributed by atoms with E-state index in [9.17, 15) is 5.11 Å². The first-order valence-corrected chi connectivity index (χ1v) is 10.7. The fourth-order valence-electron chi connectivity index (χ4n) is 4.21.